The van der Waals surface area contributed by atoms with E-state index in [4.69, 9.17) is 5.11 Å². The second kappa shape index (κ2) is 4.04. The maximum atomic E-state index is 11.0. The first kappa shape index (κ1) is 11.4. The van der Waals surface area contributed by atoms with E-state index in [1.54, 1.807) is 6.07 Å². The molecule has 6 nitrogen and oxygen atoms in total. The lowest BCUT2D eigenvalue weighted by Crippen LogP contribution is -2.19. The second-order valence-electron chi connectivity index (χ2n) is 4.11. The van der Waals surface area contributed by atoms with E-state index in [0.717, 1.165) is 12.8 Å². The highest BCUT2D eigenvalue weighted by Crippen LogP contribution is 2.32. The molecule has 0 unspecified atom stereocenters. The zero-order valence-corrected chi connectivity index (χ0v) is 9.29. The second-order valence-corrected chi connectivity index (χ2v) is 4.11. The number of nitrogens with zero attached hydrogens (tertiary/aromatic N) is 2. The molecule has 0 aromatic heterocycles. The fourth-order valence-corrected chi connectivity index (χ4v) is 1.75. The Morgan fingerprint density at radius 1 is 1.53 bits per heavy atom. The molecule has 1 aromatic carbocycles. The molecule has 1 aromatic rings. The van der Waals surface area contributed by atoms with Gasteiger partial charge in [-0.3, -0.25) is 10.1 Å². The molecule has 1 aliphatic carbocycles. The number of aromatic carboxylic acids is 1. The zero-order chi connectivity index (χ0) is 12.6. The highest BCUT2D eigenvalue weighted by molar-refractivity contribution is 5.93. The summed E-state index contributed by atoms with van der Waals surface area (Å²) >= 11 is 0. The number of carboxylic acid groups (broad SMARTS) is 1. The molecule has 2 rings (SSSR count). The molecule has 0 atom stereocenters. The first-order chi connectivity index (χ1) is 8.00. The van der Waals surface area contributed by atoms with Crippen LogP contribution in [0.25, 0.3) is 0 Å². The molecule has 1 fully saturated rings. The van der Waals surface area contributed by atoms with Gasteiger partial charge in [0.2, 0.25) is 0 Å². The summed E-state index contributed by atoms with van der Waals surface area (Å²) in [6, 6.07) is 4.62. The van der Waals surface area contributed by atoms with Gasteiger partial charge < -0.3 is 10.0 Å². The van der Waals surface area contributed by atoms with Crippen molar-refractivity contribution in [2.24, 2.45) is 0 Å². The molecule has 1 saturated carbocycles. The minimum absolute atomic E-state index is 0.264. The SMILES string of the molecule is CN(c1ccc([N+](=O)[O-])c(C(=O)O)c1)C1CC1. The topological polar surface area (TPSA) is 83.7 Å². The smallest absolute Gasteiger partial charge is 0.342 e. The fourth-order valence-electron chi connectivity index (χ4n) is 1.75. The van der Waals surface area contributed by atoms with Crippen molar-refractivity contribution < 1.29 is 14.8 Å². The van der Waals surface area contributed by atoms with Crippen molar-refractivity contribution in [2.75, 3.05) is 11.9 Å². The van der Waals surface area contributed by atoms with Crippen molar-refractivity contribution in [1.82, 2.24) is 0 Å². The molecule has 6 heteroatoms. The Morgan fingerprint density at radius 2 is 2.18 bits per heavy atom. The Kier molecular flexibility index (Phi) is 2.71. The molecule has 0 bridgehead atoms. The number of rotatable bonds is 4. The van der Waals surface area contributed by atoms with Crippen LogP contribution < -0.4 is 4.90 Å². The van der Waals surface area contributed by atoms with Gasteiger partial charge in [0.05, 0.1) is 4.92 Å². The summed E-state index contributed by atoms with van der Waals surface area (Å²) in [5.74, 6) is -1.28. The molecular formula is C11H12N2O4. The van der Waals surface area contributed by atoms with E-state index >= 15 is 0 Å². The van der Waals surface area contributed by atoms with Crippen LogP contribution in [0, 0.1) is 10.1 Å². The van der Waals surface area contributed by atoms with Crippen molar-refractivity contribution in [2.45, 2.75) is 18.9 Å². The summed E-state index contributed by atoms with van der Waals surface area (Å²) in [6.45, 7) is 0. The molecule has 0 saturated heterocycles. The van der Waals surface area contributed by atoms with Crippen LogP contribution in [0.15, 0.2) is 18.2 Å². The number of carboxylic acids is 1. The number of nitro groups is 1. The van der Waals surface area contributed by atoms with E-state index in [1.165, 1.54) is 12.1 Å². The number of carbonyl (C=O) groups is 1. The average Bonchev–Trinajstić information content (AvgIpc) is 3.10. The largest absolute Gasteiger partial charge is 0.477 e. The normalized spacial score (nSPS) is 14.4. The van der Waals surface area contributed by atoms with Crippen LogP contribution in [0.1, 0.15) is 23.2 Å². The van der Waals surface area contributed by atoms with Gasteiger partial charge in [-0.2, -0.15) is 0 Å². The maximum absolute atomic E-state index is 11.0. The van der Waals surface area contributed by atoms with Crippen molar-refractivity contribution >= 4 is 17.3 Å². The summed E-state index contributed by atoms with van der Waals surface area (Å²) in [6.07, 6.45) is 2.16. The average molecular weight is 236 g/mol. The van der Waals surface area contributed by atoms with E-state index < -0.39 is 10.9 Å². The van der Waals surface area contributed by atoms with Crippen LogP contribution in [0.5, 0.6) is 0 Å². The van der Waals surface area contributed by atoms with Crippen LogP contribution in [-0.2, 0) is 0 Å². The van der Waals surface area contributed by atoms with E-state index in [-0.39, 0.29) is 11.3 Å². The molecular weight excluding hydrogens is 224 g/mol. The Morgan fingerprint density at radius 3 is 2.65 bits per heavy atom. The van der Waals surface area contributed by atoms with Crippen molar-refractivity contribution in [3.8, 4) is 0 Å². The van der Waals surface area contributed by atoms with Crippen LogP contribution in [0.3, 0.4) is 0 Å². The number of hydrogen-bond acceptors (Lipinski definition) is 4. The highest BCUT2D eigenvalue weighted by atomic mass is 16.6. The first-order valence-corrected chi connectivity index (χ1v) is 5.25. The fraction of sp³-hybridized carbons (Fsp3) is 0.364. The van der Waals surface area contributed by atoms with Crippen molar-refractivity contribution in [3.05, 3.63) is 33.9 Å². The minimum atomic E-state index is -1.28. The molecule has 0 amide bonds. The number of hydrogen-bond donors (Lipinski definition) is 1. The van der Waals surface area contributed by atoms with Crippen LogP contribution in [-0.4, -0.2) is 29.1 Å². The summed E-state index contributed by atoms with van der Waals surface area (Å²) < 4.78 is 0. The third-order valence-electron chi connectivity index (χ3n) is 2.91. The van der Waals surface area contributed by atoms with Gasteiger partial charge in [0.25, 0.3) is 5.69 Å². The minimum Gasteiger partial charge on any atom is -0.477 e. The quantitative estimate of drug-likeness (QED) is 0.637. The van der Waals surface area contributed by atoms with Gasteiger partial charge in [-0.25, -0.2) is 4.79 Å². The van der Waals surface area contributed by atoms with Gasteiger partial charge in [-0.15, -0.1) is 0 Å². The van der Waals surface area contributed by atoms with Crippen LogP contribution >= 0.6 is 0 Å². The molecule has 0 spiro atoms. The lowest BCUT2D eigenvalue weighted by atomic mass is 10.1. The zero-order valence-electron chi connectivity index (χ0n) is 9.29. The molecule has 90 valence electrons. The monoisotopic (exact) mass is 236 g/mol. The number of anilines is 1. The van der Waals surface area contributed by atoms with Gasteiger partial charge in [-0.1, -0.05) is 0 Å². The summed E-state index contributed by atoms with van der Waals surface area (Å²) in [5.41, 5.74) is 0.0703. The molecule has 0 heterocycles. The Labute approximate surface area is 97.6 Å². The molecule has 0 aliphatic heterocycles. The molecule has 1 N–H and O–H groups in total. The van der Waals surface area contributed by atoms with E-state index in [1.807, 2.05) is 11.9 Å². The lowest BCUT2D eigenvalue weighted by Gasteiger charge is -2.18. The van der Waals surface area contributed by atoms with Gasteiger partial charge in [-0.05, 0) is 25.0 Å². The lowest BCUT2D eigenvalue weighted by molar-refractivity contribution is -0.385. The third-order valence-corrected chi connectivity index (χ3v) is 2.91. The van der Waals surface area contributed by atoms with Crippen LogP contribution in [0.2, 0.25) is 0 Å². The van der Waals surface area contributed by atoms with Gasteiger partial charge in [0, 0.05) is 24.8 Å². The van der Waals surface area contributed by atoms with E-state index in [9.17, 15) is 14.9 Å². The summed E-state index contributed by atoms with van der Waals surface area (Å²) in [7, 11) is 1.87. The van der Waals surface area contributed by atoms with Crippen LogP contribution in [0.4, 0.5) is 11.4 Å². The molecule has 17 heavy (non-hydrogen) atoms. The summed E-state index contributed by atoms with van der Waals surface area (Å²) in [5, 5.41) is 19.6. The maximum Gasteiger partial charge on any atom is 0.342 e. The first-order valence-electron chi connectivity index (χ1n) is 5.25. The Bertz CT molecular complexity index is 482. The number of nitro benzene ring substituents is 1. The van der Waals surface area contributed by atoms with E-state index in [0.29, 0.717) is 11.7 Å². The van der Waals surface area contributed by atoms with Crippen molar-refractivity contribution in [1.29, 1.82) is 0 Å². The van der Waals surface area contributed by atoms with Gasteiger partial charge in [0.15, 0.2) is 0 Å². The van der Waals surface area contributed by atoms with Crippen molar-refractivity contribution in [3.63, 3.8) is 0 Å². The van der Waals surface area contributed by atoms with E-state index in [2.05, 4.69) is 0 Å². The van der Waals surface area contributed by atoms with Gasteiger partial charge in [0.1, 0.15) is 5.56 Å². The number of benzene rings is 1. The Balaban J connectivity index is 2.41. The predicted octanol–water partition coefficient (Wildman–Crippen LogP) is 1.89. The van der Waals surface area contributed by atoms with Gasteiger partial charge >= 0.3 is 5.97 Å². The molecule has 1 aliphatic rings. The molecule has 0 radical (unpaired) electrons. The standard InChI is InChI=1S/C11H12N2O4/c1-12(7-2-3-7)8-4-5-10(13(16)17)9(6-8)11(14)15/h4-7H,2-3H2,1H3,(H,14,15). The highest BCUT2D eigenvalue weighted by Gasteiger charge is 2.28. The predicted molar refractivity (Wildman–Crippen MR) is 61.5 cm³/mol. The summed E-state index contributed by atoms with van der Waals surface area (Å²) in [4.78, 5) is 22.9. The Hall–Kier alpha value is -2.11. The third kappa shape index (κ3) is 2.20.